The quantitative estimate of drug-likeness (QED) is 0.913. The summed E-state index contributed by atoms with van der Waals surface area (Å²) in [5, 5.41) is 8.80. The van der Waals surface area contributed by atoms with Crippen molar-refractivity contribution in [3.8, 4) is 0 Å². The van der Waals surface area contributed by atoms with Gasteiger partial charge >= 0.3 is 0 Å². The summed E-state index contributed by atoms with van der Waals surface area (Å²) in [6.45, 7) is 2.19. The third kappa shape index (κ3) is 2.55. The Balaban J connectivity index is 2.19. The minimum Gasteiger partial charge on any atom is -0.416 e. The summed E-state index contributed by atoms with van der Waals surface area (Å²) < 4.78 is 5.26. The lowest BCUT2D eigenvalue weighted by Gasteiger charge is -2.02. The lowest BCUT2D eigenvalue weighted by molar-refractivity contribution is 0.429. The fraction of sp³-hybridized carbons (Fsp3) is 0.200. The Labute approximate surface area is 102 Å². The van der Waals surface area contributed by atoms with Crippen LogP contribution >= 0.6 is 23.4 Å². The monoisotopic (exact) mass is 255 g/mol. The minimum atomic E-state index is 0.434. The molecule has 84 valence electrons. The van der Waals surface area contributed by atoms with Crippen LogP contribution in [0.4, 0.5) is 0 Å². The van der Waals surface area contributed by atoms with E-state index in [1.165, 1.54) is 11.8 Å². The van der Waals surface area contributed by atoms with Gasteiger partial charge in [0.1, 0.15) is 0 Å². The van der Waals surface area contributed by atoms with Gasteiger partial charge in [0.25, 0.3) is 5.22 Å². The molecule has 2 aromatic rings. The second kappa shape index (κ2) is 4.86. The molecule has 1 aromatic carbocycles. The SMILES string of the molecule is Cc1nnc(Sc2ccc(CN)c(Cl)c2)o1. The van der Waals surface area contributed by atoms with Gasteiger partial charge < -0.3 is 10.2 Å². The molecule has 0 bridgehead atoms. The highest BCUT2D eigenvalue weighted by atomic mass is 35.5. The lowest BCUT2D eigenvalue weighted by Crippen LogP contribution is -1.96. The van der Waals surface area contributed by atoms with E-state index in [1.807, 2.05) is 18.2 Å². The van der Waals surface area contributed by atoms with Crippen molar-refractivity contribution in [2.45, 2.75) is 23.6 Å². The van der Waals surface area contributed by atoms with Crippen LogP contribution in [0.5, 0.6) is 0 Å². The molecule has 2 N–H and O–H groups in total. The average Bonchev–Trinajstić information content (AvgIpc) is 2.64. The van der Waals surface area contributed by atoms with Crippen LogP contribution in [0.3, 0.4) is 0 Å². The molecule has 0 aliphatic carbocycles. The Hall–Kier alpha value is -1.04. The molecule has 0 unspecified atom stereocenters. The third-order valence-electron chi connectivity index (χ3n) is 1.96. The zero-order valence-electron chi connectivity index (χ0n) is 8.61. The van der Waals surface area contributed by atoms with E-state index in [4.69, 9.17) is 21.8 Å². The van der Waals surface area contributed by atoms with Gasteiger partial charge in [0.15, 0.2) is 0 Å². The number of hydrogen-bond acceptors (Lipinski definition) is 5. The summed E-state index contributed by atoms with van der Waals surface area (Å²) in [6, 6.07) is 5.67. The zero-order chi connectivity index (χ0) is 11.5. The Morgan fingerprint density at radius 1 is 1.44 bits per heavy atom. The highest BCUT2D eigenvalue weighted by molar-refractivity contribution is 7.99. The zero-order valence-corrected chi connectivity index (χ0v) is 10.2. The van der Waals surface area contributed by atoms with Gasteiger partial charge in [-0.2, -0.15) is 0 Å². The molecule has 4 nitrogen and oxygen atoms in total. The van der Waals surface area contributed by atoms with Crippen LogP contribution < -0.4 is 5.73 Å². The molecular formula is C10H10ClN3OS. The van der Waals surface area contributed by atoms with Crippen molar-refractivity contribution in [2.75, 3.05) is 0 Å². The summed E-state index contributed by atoms with van der Waals surface area (Å²) in [6.07, 6.45) is 0. The van der Waals surface area contributed by atoms with Crippen LogP contribution in [0.25, 0.3) is 0 Å². The summed E-state index contributed by atoms with van der Waals surface area (Å²) in [5.41, 5.74) is 6.45. The molecule has 1 aromatic heterocycles. The lowest BCUT2D eigenvalue weighted by atomic mass is 10.2. The van der Waals surface area contributed by atoms with Crippen molar-refractivity contribution in [1.82, 2.24) is 10.2 Å². The van der Waals surface area contributed by atoms with E-state index in [0.717, 1.165) is 10.5 Å². The van der Waals surface area contributed by atoms with Gasteiger partial charge in [0.05, 0.1) is 0 Å². The van der Waals surface area contributed by atoms with E-state index in [2.05, 4.69) is 10.2 Å². The molecule has 0 aliphatic heterocycles. The normalized spacial score (nSPS) is 10.7. The standard InChI is InChI=1S/C10H10ClN3OS/c1-6-13-14-10(15-6)16-8-3-2-7(5-12)9(11)4-8/h2-4H,5,12H2,1H3. The number of hydrogen-bond donors (Lipinski definition) is 1. The first-order chi connectivity index (χ1) is 7.69. The summed E-state index contributed by atoms with van der Waals surface area (Å²) >= 11 is 7.42. The van der Waals surface area contributed by atoms with Crippen LogP contribution in [-0.2, 0) is 6.54 Å². The molecule has 0 aliphatic rings. The van der Waals surface area contributed by atoms with Crippen molar-refractivity contribution in [2.24, 2.45) is 5.73 Å². The van der Waals surface area contributed by atoms with E-state index < -0.39 is 0 Å². The third-order valence-corrected chi connectivity index (χ3v) is 3.14. The molecule has 2 rings (SSSR count). The van der Waals surface area contributed by atoms with Gasteiger partial charge in [0, 0.05) is 23.4 Å². The topological polar surface area (TPSA) is 64.9 Å². The number of benzene rings is 1. The van der Waals surface area contributed by atoms with Crippen LogP contribution in [0.2, 0.25) is 5.02 Å². The smallest absolute Gasteiger partial charge is 0.281 e. The predicted molar refractivity (Wildman–Crippen MR) is 62.5 cm³/mol. The van der Waals surface area contributed by atoms with Crippen molar-refractivity contribution in [3.63, 3.8) is 0 Å². The fourth-order valence-electron chi connectivity index (χ4n) is 1.18. The number of aromatic nitrogens is 2. The van der Waals surface area contributed by atoms with Crippen LogP contribution in [0.15, 0.2) is 32.7 Å². The van der Waals surface area contributed by atoms with Gasteiger partial charge in [-0.3, -0.25) is 0 Å². The molecule has 0 spiro atoms. The molecule has 0 saturated carbocycles. The molecule has 0 atom stereocenters. The fourth-order valence-corrected chi connectivity index (χ4v) is 2.26. The molecule has 0 fully saturated rings. The average molecular weight is 256 g/mol. The number of nitrogens with two attached hydrogens (primary N) is 1. The van der Waals surface area contributed by atoms with E-state index in [0.29, 0.717) is 22.7 Å². The Bertz CT molecular complexity index is 501. The Morgan fingerprint density at radius 2 is 2.25 bits per heavy atom. The number of halogens is 1. The second-order valence-corrected chi connectivity index (χ2v) is 4.58. The highest BCUT2D eigenvalue weighted by Crippen LogP contribution is 2.29. The Morgan fingerprint density at radius 3 is 2.81 bits per heavy atom. The van der Waals surface area contributed by atoms with Crippen LogP contribution in [0, 0.1) is 6.92 Å². The van der Waals surface area contributed by atoms with Crippen molar-refractivity contribution in [3.05, 3.63) is 34.7 Å². The van der Waals surface area contributed by atoms with E-state index in [1.54, 1.807) is 6.92 Å². The van der Waals surface area contributed by atoms with Crippen LogP contribution in [-0.4, -0.2) is 10.2 Å². The van der Waals surface area contributed by atoms with Crippen molar-refractivity contribution in [1.29, 1.82) is 0 Å². The van der Waals surface area contributed by atoms with Gasteiger partial charge in [-0.1, -0.05) is 17.7 Å². The largest absolute Gasteiger partial charge is 0.416 e. The molecular weight excluding hydrogens is 246 g/mol. The molecule has 0 saturated heterocycles. The minimum absolute atomic E-state index is 0.434. The molecule has 16 heavy (non-hydrogen) atoms. The molecule has 0 radical (unpaired) electrons. The van der Waals surface area contributed by atoms with Gasteiger partial charge in [0.2, 0.25) is 5.89 Å². The number of aryl methyl sites for hydroxylation is 1. The second-order valence-electron chi connectivity index (χ2n) is 3.15. The highest BCUT2D eigenvalue weighted by Gasteiger charge is 2.06. The Kier molecular flexibility index (Phi) is 3.48. The number of nitrogens with zero attached hydrogens (tertiary/aromatic N) is 2. The predicted octanol–water partition coefficient (Wildman–Crippen LogP) is 2.64. The van der Waals surface area contributed by atoms with E-state index >= 15 is 0 Å². The number of rotatable bonds is 3. The summed E-state index contributed by atoms with van der Waals surface area (Å²) in [4.78, 5) is 0.950. The van der Waals surface area contributed by atoms with Crippen molar-refractivity contribution < 1.29 is 4.42 Å². The van der Waals surface area contributed by atoms with Crippen molar-refractivity contribution >= 4 is 23.4 Å². The first-order valence-electron chi connectivity index (χ1n) is 4.65. The van der Waals surface area contributed by atoms with Gasteiger partial charge in [-0.15, -0.1) is 10.2 Å². The molecule has 1 heterocycles. The van der Waals surface area contributed by atoms with E-state index in [9.17, 15) is 0 Å². The first-order valence-corrected chi connectivity index (χ1v) is 5.85. The maximum Gasteiger partial charge on any atom is 0.281 e. The maximum atomic E-state index is 6.04. The molecule has 6 heteroatoms. The van der Waals surface area contributed by atoms with Crippen LogP contribution in [0.1, 0.15) is 11.5 Å². The summed E-state index contributed by atoms with van der Waals surface area (Å²) in [7, 11) is 0. The van der Waals surface area contributed by atoms with Gasteiger partial charge in [-0.25, -0.2) is 0 Å². The maximum absolute atomic E-state index is 6.04. The molecule has 0 amide bonds. The first kappa shape index (κ1) is 11.4. The summed E-state index contributed by atoms with van der Waals surface area (Å²) in [5.74, 6) is 0.548. The van der Waals surface area contributed by atoms with Gasteiger partial charge in [-0.05, 0) is 29.5 Å². The van der Waals surface area contributed by atoms with E-state index in [-0.39, 0.29) is 0 Å².